The molecule has 0 bridgehead atoms. The second kappa shape index (κ2) is 8.04. The lowest BCUT2D eigenvalue weighted by Gasteiger charge is -2.14. The van der Waals surface area contributed by atoms with Gasteiger partial charge in [-0.25, -0.2) is 0 Å². The second-order valence-electron chi connectivity index (χ2n) is 5.49. The first-order valence-electron chi connectivity index (χ1n) is 7.59. The Kier molecular flexibility index (Phi) is 6.01. The molecule has 1 unspecified atom stereocenters. The molecular weight excluding hydrogens is 369 g/mol. The van der Waals surface area contributed by atoms with Crippen LogP contribution in [0.15, 0.2) is 42.5 Å². The van der Waals surface area contributed by atoms with Crippen LogP contribution in [0.1, 0.15) is 27.6 Å². The molecule has 1 amide bonds. The third-order valence-electron chi connectivity index (χ3n) is 3.69. The molecule has 2 aromatic carbocycles. The van der Waals surface area contributed by atoms with E-state index in [1.54, 1.807) is 0 Å². The highest BCUT2D eigenvalue weighted by Gasteiger charge is 2.31. The summed E-state index contributed by atoms with van der Waals surface area (Å²) in [5.41, 5.74) is -1.41. The Hall–Kier alpha value is -3.14. The van der Waals surface area contributed by atoms with Gasteiger partial charge >= 0.3 is 11.9 Å². The lowest BCUT2D eigenvalue weighted by Crippen LogP contribution is -2.28. The first-order chi connectivity index (χ1) is 12.6. The molecule has 0 spiro atoms. The molecule has 2 aromatic rings. The number of aliphatic hydroxyl groups excluding tert-OH is 1. The molecular formula is C17H15F3N2O5. The van der Waals surface area contributed by atoms with Gasteiger partial charge in [-0.15, -0.1) is 0 Å². The van der Waals surface area contributed by atoms with E-state index in [1.165, 1.54) is 25.3 Å². The van der Waals surface area contributed by atoms with Crippen molar-refractivity contribution in [3.63, 3.8) is 0 Å². The molecule has 2 N–H and O–H groups in total. The summed E-state index contributed by atoms with van der Waals surface area (Å²) in [6.45, 7) is -0.375. The summed E-state index contributed by atoms with van der Waals surface area (Å²) in [5.74, 6) is -0.757. The van der Waals surface area contributed by atoms with Crippen LogP contribution in [0.2, 0.25) is 0 Å². The van der Waals surface area contributed by atoms with Crippen LogP contribution in [0.4, 0.5) is 18.9 Å². The Morgan fingerprint density at radius 1 is 1.30 bits per heavy atom. The van der Waals surface area contributed by atoms with E-state index in [-0.39, 0.29) is 23.4 Å². The zero-order chi connectivity index (χ0) is 20.2. The van der Waals surface area contributed by atoms with Crippen LogP contribution in [0, 0.1) is 10.1 Å². The molecule has 144 valence electrons. The molecule has 0 heterocycles. The van der Waals surface area contributed by atoms with Crippen molar-refractivity contribution in [2.75, 3.05) is 13.7 Å². The number of benzene rings is 2. The molecule has 0 radical (unpaired) electrons. The normalized spacial score (nSPS) is 12.3. The number of aliphatic hydroxyl groups is 1. The summed E-state index contributed by atoms with van der Waals surface area (Å²) in [5, 5.41) is 23.3. The van der Waals surface area contributed by atoms with Gasteiger partial charge in [0.2, 0.25) is 0 Å². The number of nitro benzene ring substituents is 1. The van der Waals surface area contributed by atoms with Gasteiger partial charge in [-0.05, 0) is 29.8 Å². The van der Waals surface area contributed by atoms with Gasteiger partial charge in [0.15, 0.2) is 5.75 Å². The zero-order valence-corrected chi connectivity index (χ0v) is 14.0. The number of ether oxygens (including phenoxy) is 1. The average Bonchev–Trinajstić information content (AvgIpc) is 2.64. The number of halogens is 3. The van der Waals surface area contributed by atoms with Crippen molar-refractivity contribution < 1.29 is 32.7 Å². The first-order valence-corrected chi connectivity index (χ1v) is 7.59. The number of nitro groups is 1. The number of alkyl halides is 3. The molecule has 27 heavy (non-hydrogen) atoms. The predicted octanol–water partition coefficient (Wildman–Crippen LogP) is 3.09. The number of methoxy groups -OCH3 is 1. The molecule has 0 aliphatic heterocycles. The molecule has 0 aliphatic rings. The summed E-state index contributed by atoms with van der Waals surface area (Å²) in [7, 11) is 1.24. The van der Waals surface area contributed by atoms with Gasteiger partial charge in [0.25, 0.3) is 5.91 Å². The Morgan fingerprint density at radius 3 is 2.59 bits per heavy atom. The predicted molar refractivity (Wildman–Crippen MR) is 88.4 cm³/mol. The Bertz CT molecular complexity index is 855. The topological polar surface area (TPSA) is 102 Å². The van der Waals surface area contributed by atoms with Crippen LogP contribution in [-0.4, -0.2) is 29.6 Å². The Balaban J connectivity index is 2.09. The minimum Gasteiger partial charge on any atom is -0.490 e. The zero-order valence-electron chi connectivity index (χ0n) is 14.0. The van der Waals surface area contributed by atoms with Crippen molar-refractivity contribution in [2.24, 2.45) is 0 Å². The van der Waals surface area contributed by atoms with Crippen molar-refractivity contribution in [1.29, 1.82) is 0 Å². The van der Waals surface area contributed by atoms with Gasteiger partial charge in [0.1, 0.15) is 0 Å². The quantitative estimate of drug-likeness (QED) is 0.589. The van der Waals surface area contributed by atoms with E-state index in [1.807, 2.05) is 0 Å². The molecule has 0 saturated heterocycles. The fourth-order valence-electron chi connectivity index (χ4n) is 2.31. The van der Waals surface area contributed by atoms with Crippen molar-refractivity contribution in [3.8, 4) is 5.75 Å². The van der Waals surface area contributed by atoms with Gasteiger partial charge in [-0.2, -0.15) is 13.2 Å². The Morgan fingerprint density at radius 2 is 2.00 bits per heavy atom. The number of nitrogens with zero attached hydrogens (tertiary/aromatic N) is 1. The van der Waals surface area contributed by atoms with Crippen molar-refractivity contribution in [2.45, 2.75) is 12.3 Å². The summed E-state index contributed by atoms with van der Waals surface area (Å²) >= 11 is 0. The summed E-state index contributed by atoms with van der Waals surface area (Å²) in [6, 6.07) is 7.64. The molecule has 10 heteroatoms. The monoisotopic (exact) mass is 384 g/mol. The van der Waals surface area contributed by atoms with Crippen LogP contribution >= 0.6 is 0 Å². The number of carbonyl (C=O) groups excluding carboxylic acids is 1. The molecule has 1 atom stereocenters. The maximum absolute atomic E-state index is 12.7. The van der Waals surface area contributed by atoms with Gasteiger partial charge in [-0.3, -0.25) is 14.9 Å². The van der Waals surface area contributed by atoms with Crippen LogP contribution in [0.25, 0.3) is 0 Å². The molecule has 0 aliphatic carbocycles. The lowest BCUT2D eigenvalue weighted by atomic mass is 10.1. The van der Waals surface area contributed by atoms with Gasteiger partial charge < -0.3 is 15.2 Å². The summed E-state index contributed by atoms with van der Waals surface area (Å²) in [6.07, 6.45) is -5.94. The van der Waals surface area contributed by atoms with Crippen LogP contribution in [-0.2, 0) is 6.18 Å². The number of hydrogen-bond acceptors (Lipinski definition) is 5. The van der Waals surface area contributed by atoms with Crippen LogP contribution in [0.3, 0.4) is 0 Å². The highest BCUT2D eigenvalue weighted by molar-refractivity contribution is 5.95. The van der Waals surface area contributed by atoms with E-state index >= 15 is 0 Å². The fraction of sp³-hybridized carbons (Fsp3) is 0.235. The number of amides is 1. The SMILES string of the molecule is COc1ccc(C(=O)NCC(O)c2cccc(C(F)(F)F)c2)cc1[N+](=O)[O-]. The summed E-state index contributed by atoms with van der Waals surface area (Å²) in [4.78, 5) is 22.4. The number of rotatable bonds is 6. The van der Waals surface area contributed by atoms with Crippen molar-refractivity contribution >= 4 is 11.6 Å². The average molecular weight is 384 g/mol. The molecule has 0 fully saturated rings. The maximum atomic E-state index is 12.7. The highest BCUT2D eigenvalue weighted by atomic mass is 19.4. The number of hydrogen-bond donors (Lipinski definition) is 2. The summed E-state index contributed by atoms with van der Waals surface area (Å²) < 4.78 is 43.0. The lowest BCUT2D eigenvalue weighted by molar-refractivity contribution is -0.385. The standard InChI is InChI=1S/C17H15F3N2O5/c1-27-15-6-5-11(8-13(15)22(25)26)16(24)21-9-14(23)10-3-2-4-12(7-10)17(18,19)20/h2-8,14,23H,9H2,1H3,(H,21,24). The van der Waals surface area contributed by atoms with Crippen LogP contribution < -0.4 is 10.1 Å². The smallest absolute Gasteiger partial charge is 0.416 e. The van der Waals surface area contributed by atoms with Gasteiger partial charge in [0, 0.05) is 18.2 Å². The van der Waals surface area contributed by atoms with Crippen molar-refractivity contribution in [3.05, 3.63) is 69.3 Å². The first kappa shape index (κ1) is 20.2. The van der Waals surface area contributed by atoms with Crippen molar-refractivity contribution in [1.82, 2.24) is 5.32 Å². The van der Waals surface area contributed by atoms with E-state index in [9.17, 15) is 33.2 Å². The largest absolute Gasteiger partial charge is 0.490 e. The molecule has 0 saturated carbocycles. The number of carbonyl (C=O) groups is 1. The minimum atomic E-state index is -4.55. The van der Waals surface area contributed by atoms with E-state index in [0.29, 0.717) is 0 Å². The van der Waals surface area contributed by atoms with Crippen LogP contribution in [0.5, 0.6) is 5.75 Å². The van der Waals surface area contributed by atoms with E-state index < -0.39 is 34.4 Å². The van der Waals surface area contributed by atoms with Gasteiger partial charge in [0.05, 0.1) is 23.7 Å². The van der Waals surface area contributed by atoms with E-state index in [4.69, 9.17) is 4.74 Å². The molecule has 7 nitrogen and oxygen atoms in total. The maximum Gasteiger partial charge on any atom is 0.416 e. The van der Waals surface area contributed by atoms with Gasteiger partial charge in [-0.1, -0.05) is 12.1 Å². The molecule has 0 aromatic heterocycles. The third kappa shape index (κ3) is 4.94. The Labute approximate surface area is 151 Å². The third-order valence-corrected chi connectivity index (χ3v) is 3.69. The highest BCUT2D eigenvalue weighted by Crippen LogP contribution is 2.31. The molecule has 2 rings (SSSR count). The van der Waals surface area contributed by atoms with E-state index in [0.717, 1.165) is 24.3 Å². The second-order valence-corrected chi connectivity index (χ2v) is 5.49. The minimum absolute atomic E-state index is 0.0224. The van der Waals surface area contributed by atoms with E-state index in [2.05, 4.69) is 5.32 Å². The number of nitrogens with one attached hydrogen (secondary N) is 1. The fourth-order valence-corrected chi connectivity index (χ4v) is 2.31.